The lowest BCUT2D eigenvalue weighted by Gasteiger charge is -2.35. The fraction of sp³-hybridized carbons (Fsp3) is 0.647. The summed E-state index contributed by atoms with van der Waals surface area (Å²) in [5.41, 5.74) is 1.21. The molecule has 0 saturated heterocycles. The predicted octanol–water partition coefficient (Wildman–Crippen LogP) is 4.11. The summed E-state index contributed by atoms with van der Waals surface area (Å²) in [5, 5.41) is 4.49. The molecule has 0 heterocycles. The molecule has 0 aromatic heterocycles. The number of halogens is 1. The standard InChI is InChI=1S/C17H27ClN2/c1-12(11-19-15-9-10-15)13(2)20(4)14(3)16-7-5-6-8-17(16)18/h5-8,12-15,19H,9-11H2,1-4H3. The van der Waals surface area contributed by atoms with Crippen LogP contribution in [0.3, 0.4) is 0 Å². The molecule has 0 radical (unpaired) electrons. The van der Waals surface area contributed by atoms with Gasteiger partial charge in [-0.05, 0) is 57.8 Å². The Balaban J connectivity index is 1.94. The molecule has 112 valence electrons. The maximum absolute atomic E-state index is 6.32. The van der Waals surface area contributed by atoms with Gasteiger partial charge in [-0.3, -0.25) is 4.90 Å². The van der Waals surface area contributed by atoms with Crippen LogP contribution in [0.25, 0.3) is 0 Å². The Labute approximate surface area is 128 Å². The Kier molecular flexibility index (Phi) is 5.48. The normalized spacial score (nSPS) is 19.9. The van der Waals surface area contributed by atoms with Gasteiger partial charge in [0, 0.05) is 23.1 Å². The first-order valence-corrected chi connectivity index (χ1v) is 8.08. The van der Waals surface area contributed by atoms with Gasteiger partial charge in [0.15, 0.2) is 0 Å². The minimum Gasteiger partial charge on any atom is -0.314 e. The molecular formula is C17H27ClN2. The predicted molar refractivity (Wildman–Crippen MR) is 87.3 cm³/mol. The number of nitrogens with zero attached hydrogens (tertiary/aromatic N) is 1. The van der Waals surface area contributed by atoms with Crippen LogP contribution in [0, 0.1) is 5.92 Å². The van der Waals surface area contributed by atoms with Crippen LogP contribution in [0.15, 0.2) is 24.3 Å². The number of hydrogen-bond donors (Lipinski definition) is 1. The third-order valence-corrected chi connectivity index (χ3v) is 5.08. The molecule has 0 amide bonds. The summed E-state index contributed by atoms with van der Waals surface area (Å²) < 4.78 is 0. The van der Waals surface area contributed by atoms with E-state index in [4.69, 9.17) is 11.6 Å². The molecule has 0 bridgehead atoms. The van der Waals surface area contributed by atoms with E-state index in [9.17, 15) is 0 Å². The highest BCUT2D eigenvalue weighted by Gasteiger charge is 2.26. The van der Waals surface area contributed by atoms with Crippen LogP contribution in [0.2, 0.25) is 5.02 Å². The Hall–Kier alpha value is -0.570. The Bertz CT molecular complexity index is 431. The molecule has 0 aliphatic heterocycles. The van der Waals surface area contributed by atoms with Crippen molar-refractivity contribution in [1.29, 1.82) is 0 Å². The minimum atomic E-state index is 0.335. The molecule has 1 fully saturated rings. The number of rotatable bonds is 7. The summed E-state index contributed by atoms with van der Waals surface area (Å²) in [7, 11) is 2.20. The number of nitrogens with one attached hydrogen (secondary N) is 1. The van der Waals surface area contributed by atoms with E-state index in [-0.39, 0.29) is 0 Å². The maximum atomic E-state index is 6.32. The van der Waals surface area contributed by atoms with E-state index in [0.29, 0.717) is 18.0 Å². The Morgan fingerprint density at radius 1 is 1.25 bits per heavy atom. The third kappa shape index (κ3) is 3.97. The first kappa shape index (κ1) is 15.8. The van der Waals surface area contributed by atoms with Crippen LogP contribution in [0.4, 0.5) is 0 Å². The quantitative estimate of drug-likeness (QED) is 0.814. The van der Waals surface area contributed by atoms with Gasteiger partial charge >= 0.3 is 0 Å². The van der Waals surface area contributed by atoms with Gasteiger partial charge in [-0.25, -0.2) is 0 Å². The van der Waals surface area contributed by atoms with Gasteiger partial charge in [0.2, 0.25) is 0 Å². The van der Waals surface area contributed by atoms with Crippen LogP contribution in [0.1, 0.15) is 45.2 Å². The Morgan fingerprint density at radius 3 is 2.50 bits per heavy atom. The van der Waals surface area contributed by atoms with E-state index in [1.54, 1.807) is 0 Å². The van der Waals surface area contributed by atoms with E-state index in [0.717, 1.165) is 17.6 Å². The molecule has 1 saturated carbocycles. The minimum absolute atomic E-state index is 0.335. The van der Waals surface area contributed by atoms with Crippen molar-refractivity contribution >= 4 is 11.6 Å². The molecule has 1 aliphatic rings. The zero-order chi connectivity index (χ0) is 14.7. The molecule has 0 spiro atoms. The fourth-order valence-corrected chi connectivity index (χ4v) is 2.89. The Morgan fingerprint density at radius 2 is 1.90 bits per heavy atom. The van der Waals surface area contributed by atoms with Gasteiger partial charge in [-0.15, -0.1) is 0 Å². The van der Waals surface area contributed by atoms with Crippen molar-refractivity contribution in [3.63, 3.8) is 0 Å². The zero-order valence-electron chi connectivity index (χ0n) is 13.1. The topological polar surface area (TPSA) is 15.3 Å². The van der Waals surface area contributed by atoms with Gasteiger partial charge in [-0.2, -0.15) is 0 Å². The van der Waals surface area contributed by atoms with Crippen LogP contribution in [-0.4, -0.2) is 30.6 Å². The fourth-order valence-electron chi connectivity index (χ4n) is 2.60. The van der Waals surface area contributed by atoms with Crippen LogP contribution in [0.5, 0.6) is 0 Å². The highest BCUT2D eigenvalue weighted by atomic mass is 35.5. The lowest BCUT2D eigenvalue weighted by Crippen LogP contribution is -2.40. The highest BCUT2D eigenvalue weighted by Crippen LogP contribution is 2.29. The first-order chi connectivity index (χ1) is 9.50. The van der Waals surface area contributed by atoms with E-state index in [1.165, 1.54) is 18.4 Å². The second kappa shape index (κ2) is 6.93. The van der Waals surface area contributed by atoms with Crippen molar-refractivity contribution in [3.8, 4) is 0 Å². The van der Waals surface area contributed by atoms with Crippen molar-refractivity contribution in [3.05, 3.63) is 34.9 Å². The van der Waals surface area contributed by atoms with Crippen molar-refractivity contribution in [2.24, 2.45) is 5.92 Å². The van der Waals surface area contributed by atoms with Crippen LogP contribution >= 0.6 is 11.6 Å². The average Bonchev–Trinajstić information content (AvgIpc) is 3.27. The van der Waals surface area contributed by atoms with E-state index in [1.807, 2.05) is 12.1 Å². The molecule has 1 aliphatic carbocycles. The smallest absolute Gasteiger partial charge is 0.0453 e. The molecule has 1 aromatic carbocycles. The summed E-state index contributed by atoms with van der Waals surface area (Å²) in [6, 6.07) is 9.80. The van der Waals surface area contributed by atoms with Crippen molar-refractivity contribution in [1.82, 2.24) is 10.2 Å². The maximum Gasteiger partial charge on any atom is 0.0453 e. The monoisotopic (exact) mass is 294 g/mol. The SMILES string of the molecule is CC(CNC1CC1)C(C)N(C)C(C)c1ccccc1Cl. The van der Waals surface area contributed by atoms with Gasteiger partial charge in [0.1, 0.15) is 0 Å². The molecule has 20 heavy (non-hydrogen) atoms. The molecule has 1 aromatic rings. The summed E-state index contributed by atoms with van der Waals surface area (Å²) in [5.74, 6) is 0.630. The molecule has 3 unspecified atom stereocenters. The van der Waals surface area contributed by atoms with E-state index in [2.05, 4.69) is 50.2 Å². The van der Waals surface area contributed by atoms with Gasteiger partial charge in [0.05, 0.1) is 0 Å². The molecule has 2 rings (SSSR count). The third-order valence-electron chi connectivity index (χ3n) is 4.74. The highest BCUT2D eigenvalue weighted by molar-refractivity contribution is 6.31. The molecule has 3 heteroatoms. The zero-order valence-corrected chi connectivity index (χ0v) is 13.8. The average molecular weight is 295 g/mol. The van der Waals surface area contributed by atoms with E-state index < -0.39 is 0 Å². The molecule has 3 atom stereocenters. The van der Waals surface area contributed by atoms with Gasteiger partial charge < -0.3 is 5.32 Å². The van der Waals surface area contributed by atoms with Crippen molar-refractivity contribution in [2.45, 2.75) is 51.7 Å². The van der Waals surface area contributed by atoms with Crippen LogP contribution in [-0.2, 0) is 0 Å². The number of hydrogen-bond acceptors (Lipinski definition) is 2. The van der Waals surface area contributed by atoms with Crippen LogP contribution < -0.4 is 5.32 Å². The van der Waals surface area contributed by atoms with Crippen molar-refractivity contribution < 1.29 is 0 Å². The van der Waals surface area contributed by atoms with Gasteiger partial charge in [-0.1, -0.05) is 36.7 Å². The number of benzene rings is 1. The molecule has 1 N–H and O–H groups in total. The van der Waals surface area contributed by atoms with E-state index >= 15 is 0 Å². The second-order valence-corrected chi connectivity index (χ2v) is 6.67. The largest absolute Gasteiger partial charge is 0.314 e. The second-order valence-electron chi connectivity index (χ2n) is 6.26. The summed E-state index contributed by atoms with van der Waals surface area (Å²) in [4.78, 5) is 2.43. The summed E-state index contributed by atoms with van der Waals surface area (Å²) >= 11 is 6.32. The van der Waals surface area contributed by atoms with Crippen molar-refractivity contribution in [2.75, 3.05) is 13.6 Å². The molecular weight excluding hydrogens is 268 g/mol. The molecule has 2 nitrogen and oxygen atoms in total. The summed E-state index contributed by atoms with van der Waals surface area (Å²) in [6.07, 6.45) is 2.71. The van der Waals surface area contributed by atoms with Gasteiger partial charge in [0.25, 0.3) is 0 Å². The first-order valence-electron chi connectivity index (χ1n) is 7.70. The lowest BCUT2D eigenvalue weighted by atomic mass is 9.98. The summed E-state index contributed by atoms with van der Waals surface area (Å²) in [6.45, 7) is 7.98. The lowest BCUT2D eigenvalue weighted by molar-refractivity contribution is 0.149.